The number of hydrogen-bond donors (Lipinski definition) is 0. The number of hydrogen-bond acceptors (Lipinski definition) is 2. The van der Waals surface area contributed by atoms with Crippen molar-refractivity contribution >= 4 is 50.9 Å². The fourth-order valence-electron chi connectivity index (χ4n) is 1.71. The molecule has 82 valence electrons. The predicted molar refractivity (Wildman–Crippen MR) is 79.4 cm³/mol. The molecule has 16 heavy (non-hydrogen) atoms. The van der Waals surface area contributed by atoms with Gasteiger partial charge < -0.3 is 0 Å². The number of Topliss-reactive ketones (excluding diaryl/α,β-unsaturated/α-hetero) is 1. The van der Waals surface area contributed by atoms with Crippen LogP contribution in [0.5, 0.6) is 0 Å². The van der Waals surface area contributed by atoms with Crippen LogP contribution in [0.15, 0.2) is 36.4 Å². The average molecular weight is 342 g/mol. The van der Waals surface area contributed by atoms with E-state index in [9.17, 15) is 4.79 Å². The lowest BCUT2D eigenvalue weighted by Crippen LogP contribution is -2.03. The number of fused-ring (bicyclic) bond motifs is 1. The van der Waals surface area contributed by atoms with Crippen molar-refractivity contribution in [2.45, 2.75) is 0 Å². The van der Waals surface area contributed by atoms with E-state index in [0.29, 0.717) is 5.75 Å². The molecule has 0 spiro atoms. The van der Waals surface area contributed by atoms with Crippen molar-refractivity contribution in [2.75, 3.05) is 12.0 Å². The first-order valence-corrected chi connectivity index (χ1v) is 7.40. The molecule has 0 fully saturated rings. The molecule has 2 rings (SSSR count). The molecule has 1 nitrogen and oxygen atoms in total. The minimum atomic E-state index is 0.208. The summed E-state index contributed by atoms with van der Waals surface area (Å²) in [6.45, 7) is 0. The molecule has 3 heteroatoms. The molecule has 0 aliphatic heterocycles. The summed E-state index contributed by atoms with van der Waals surface area (Å²) in [5, 5.41) is 2.23. The summed E-state index contributed by atoms with van der Waals surface area (Å²) in [5.74, 6) is 0.755. The highest BCUT2D eigenvalue weighted by Crippen LogP contribution is 2.24. The predicted octanol–water partition coefficient (Wildman–Crippen LogP) is 3.99. The molecule has 0 aliphatic rings. The molecule has 2 aromatic carbocycles. The first-order valence-electron chi connectivity index (χ1n) is 4.93. The monoisotopic (exact) mass is 342 g/mol. The zero-order chi connectivity index (χ0) is 11.5. The maximum absolute atomic E-state index is 11.9. The third-order valence-electron chi connectivity index (χ3n) is 2.45. The lowest BCUT2D eigenvalue weighted by Gasteiger charge is -2.06. The molecular weight excluding hydrogens is 331 g/mol. The third-order valence-corrected chi connectivity index (χ3v) is 3.94. The van der Waals surface area contributed by atoms with Gasteiger partial charge in [0.05, 0.1) is 5.75 Å². The molecule has 0 saturated carbocycles. The second kappa shape index (κ2) is 5.19. The molecule has 0 aromatic heterocycles. The van der Waals surface area contributed by atoms with Crippen molar-refractivity contribution in [3.63, 3.8) is 0 Å². The zero-order valence-corrected chi connectivity index (χ0v) is 11.8. The molecule has 0 aliphatic carbocycles. The summed E-state index contributed by atoms with van der Waals surface area (Å²) < 4.78 is 1.19. The van der Waals surface area contributed by atoms with Gasteiger partial charge in [0.1, 0.15) is 0 Å². The van der Waals surface area contributed by atoms with E-state index in [1.807, 2.05) is 36.6 Å². The van der Waals surface area contributed by atoms with Crippen LogP contribution in [0.1, 0.15) is 10.4 Å². The molecule has 0 bridgehead atoms. The minimum Gasteiger partial charge on any atom is -0.293 e. The van der Waals surface area contributed by atoms with Gasteiger partial charge in [-0.2, -0.15) is 11.8 Å². The number of halogens is 1. The van der Waals surface area contributed by atoms with Gasteiger partial charge in [0.2, 0.25) is 0 Å². The van der Waals surface area contributed by atoms with Crippen molar-refractivity contribution in [2.24, 2.45) is 0 Å². The van der Waals surface area contributed by atoms with Gasteiger partial charge in [-0.3, -0.25) is 4.79 Å². The van der Waals surface area contributed by atoms with Crippen molar-refractivity contribution in [3.8, 4) is 0 Å². The van der Waals surface area contributed by atoms with Crippen LogP contribution in [0, 0.1) is 3.57 Å². The lowest BCUT2D eigenvalue weighted by atomic mass is 10.0. The number of benzene rings is 2. The third kappa shape index (κ3) is 2.25. The number of ketones is 1. The van der Waals surface area contributed by atoms with Crippen LogP contribution in [0.2, 0.25) is 0 Å². The van der Waals surface area contributed by atoms with Gasteiger partial charge in [-0.1, -0.05) is 24.3 Å². The first-order chi connectivity index (χ1) is 7.74. The van der Waals surface area contributed by atoms with Crippen LogP contribution < -0.4 is 0 Å². The number of thioether (sulfide) groups is 1. The fraction of sp³-hybridized carbons (Fsp3) is 0.154. The van der Waals surface area contributed by atoms with E-state index in [2.05, 4.69) is 28.7 Å². The number of carbonyl (C=O) groups is 1. The quantitative estimate of drug-likeness (QED) is 0.620. The second-order valence-corrected chi connectivity index (χ2v) is 5.52. The first kappa shape index (κ1) is 11.9. The highest BCUT2D eigenvalue weighted by atomic mass is 127. The van der Waals surface area contributed by atoms with Crippen molar-refractivity contribution in [1.29, 1.82) is 0 Å². The van der Waals surface area contributed by atoms with Crippen LogP contribution in [0.25, 0.3) is 10.8 Å². The Kier molecular flexibility index (Phi) is 3.86. The van der Waals surface area contributed by atoms with E-state index < -0.39 is 0 Å². The van der Waals surface area contributed by atoms with E-state index in [0.717, 1.165) is 16.3 Å². The molecular formula is C13H11IOS. The van der Waals surface area contributed by atoms with Crippen LogP contribution in [0.4, 0.5) is 0 Å². The fourth-order valence-corrected chi connectivity index (χ4v) is 2.78. The summed E-state index contributed by atoms with van der Waals surface area (Å²) >= 11 is 3.87. The number of carbonyl (C=O) groups excluding carboxylic acids is 1. The molecule has 0 saturated heterocycles. The van der Waals surface area contributed by atoms with Crippen molar-refractivity contribution < 1.29 is 4.79 Å². The Labute approximate surface area is 113 Å². The summed E-state index contributed by atoms with van der Waals surface area (Å²) in [6.07, 6.45) is 1.95. The highest BCUT2D eigenvalue weighted by molar-refractivity contribution is 14.1. The van der Waals surface area contributed by atoms with Gasteiger partial charge in [-0.05, 0) is 51.8 Å². The van der Waals surface area contributed by atoms with Gasteiger partial charge in [-0.15, -0.1) is 0 Å². The van der Waals surface area contributed by atoms with E-state index >= 15 is 0 Å². The van der Waals surface area contributed by atoms with Gasteiger partial charge in [-0.25, -0.2) is 0 Å². The van der Waals surface area contributed by atoms with E-state index in [1.165, 1.54) is 3.57 Å². The lowest BCUT2D eigenvalue weighted by molar-refractivity contribution is 0.102. The molecule has 2 aromatic rings. The van der Waals surface area contributed by atoms with Gasteiger partial charge in [0.25, 0.3) is 0 Å². The molecule has 0 amide bonds. The molecule has 0 heterocycles. The Hall–Kier alpha value is -0.550. The topological polar surface area (TPSA) is 17.1 Å². The highest BCUT2D eigenvalue weighted by Gasteiger charge is 2.10. The van der Waals surface area contributed by atoms with Gasteiger partial charge in [0, 0.05) is 9.13 Å². The largest absolute Gasteiger partial charge is 0.293 e. The molecule has 0 unspecified atom stereocenters. The van der Waals surface area contributed by atoms with Crippen LogP contribution in [-0.4, -0.2) is 17.8 Å². The number of rotatable bonds is 3. The Bertz CT molecular complexity index is 536. The SMILES string of the molecule is CSCC(=O)c1ccc(I)c2ccccc12. The van der Waals surface area contributed by atoms with E-state index in [-0.39, 0.29) is 5.78 Å². The Morgan fingerprint density at radius 3 is 2.56 bits per heavy atom. The van der Waals surface area contributed by atoms with Crippen LogP contribution in [-0.2, 0) is 0 Å². The van der Waals surface area contributed by atoms with E-state index in [1.54, 1.807) is 11.8 Å². The zero-order valence-electron chi connectivity index (χ0n) is 8.87. The Balaban J connectivity index is 2.63. The maximum atomic E-state index is 11.9. The van der Waals surface area contributed by atoms with Crippen LogP contribution in [0.3, 0.4) is 0 Å². The average Bonchev–Trinajstić information content (AvgIpc) is 2.30. The Morgan fingerprint density at radius 2 is 1.88 bits per heavy atom. The minimum absolute atomic E-state index is 0.208. The summed E-state index contributed by atoms with van der Waals surface area (Å²) in [6, 6.07) is 12.0. The van der Waals surface area contributed by atoms with Crippen molar-refractivity contribution in [3.05, 3.63) is 45.5 Å². The van der Waals surface area contributed by atoms with Crippen molar-refractivity contribution in [1.82, 2.24) is 0 Å². The van der Waals surface area contributed by atoms with Gasteiger partial charge in [0.15, 0.2) is 5.78 Å². The Morgan fingerprint density at radius 1 is 1.19 bits per heavy atom. The molecule has 0 radical (unpaired) electrons. The summed E-state index contributed by atoms with van der Waals surface area (Å²) in [5.41, 5.74) is 0.838. The van der Waals surface area contributed by atoms with Gasteiger partial charge >= 0.3 is 0 Å². The van der Waals surface area contributed by atoms with Crippen LogP contribution >= 0.6 is 34.4 Å². The smallest absolute Gasteiger partial charge is 0.173 e. The molecule has 0 N–H and O–H groups in total. The maximum Gasteiger partial charge on any atom is 0.173 e. The molecule has 0 atom stereocenters. The standard InChI is InChI=1S/C13H11IOS/c1-16-8-13(15)11-6-7-12(14)10-5-3-2-4-9(10)11/h2-7H,8H2,1H3. The van der Waals surface area contributed by atoms with E-state index in [4.69, 9.17) is 0 Å². The summed E-state index contributed by atoms with van der Waals surface area (Å²) in [4.78, 5) is 11.9. The summed E-state index contributed by atoms with van der Waals surface area (Å²) in [7, 11) is 0. The second-order valence-electron chi connectivity index (χ2n) is 3.50. The normalized spacial score (nSPS) is 10.6.